The maximum atomic E-state index is 10.5. The molecule has 0 aliphatic heterocycles. The highest BCUT2D eigenvalue weighted by Gasteiger charge is 2.23. The summed E-state index contributed by atoms with van der Waals surface area (Å²) in [6.07, 6.45) is 4.53. The van der Waals surface area contributed by atoms with Crippen molar-refractivity contribution in [2.45, 2.75) is 19.6 Å². The van der Waals surface area contributed by atoms with E-state index in [9.17, 15) is 5.11 Å². The van der Waals surface area contributed by atoms with Gasteiger partial charge in [-0.05, 0) is 31.2 Å². The third-order valence-electron chi connectivity index (χ3n) is 5.37. The Labute approximate surface area is 207 Å². The van der Waals surface area contributed by atoms with Gasteiger partial charge in [0.25, 0.3) is 0 Å². The molecule has 0 fully saturated rings. The first-order chi connectivity index (χ1) is 17.1. The zero-order valence-electron chi connectivity index (χ0n) is 20.5. The number of para-hydroxylation sites is 3. The highest BCUT2D eigenvalue weighted by molar-refractivity contribution is 5.47. The predicted molar refractivity (Wildman–Crippen MR) is 134 cm³/mol. The molecule has 0 amide bonds. The number of aromatic nitrogens is 2. The molecular formula is C27H33N3O5. The fourth-order valence-corrected chi connectivity index (χ4v) is 3.66. The lowest BCUT2D eigenvalue weighted by Gasteiger charge is -2.25. The average molecular weight is 480 g/mol. The molecule has 1 aromatic heterocycles. The van der Waals surface area contributed by atoms with E-state index < -0.39 is 6.10 Å². The molecule has 0 saturated carbocycles. The van der Waals surface area contributed by atoms with Crippen LogP contribution in [0.2, 0.25) is 0 Å². The minimum atomic E-state index is -0.705. The lowest BCUT2D eigenvalue weighted by atomic mass is 10.2. The SMILES string of the molecule is C#CCOC[C@@H](O)CN(CCOC)Cc1c(C)nn(-c2ccccc2)c1Oc1ccccc1OC. The minimum Gasteiger partial charge on any atom is -0.493 e. The van der Waals surface area contributed by atoms with Crippen LogP contribution in [0.25, 0.3) is 5.69 Å². The maximum absolute atomic E-state index is 10.5. The highest BCUT2D eigenvalue weighted by Crippen LogP contribution is 2.36. The number of rotatable bonds is 14. The number of nitrogens with zero attached hydrogens (tertiary/aromatic N) is 3. The van der Waals surface area contributed by atoms with Gasteiger partial charge in [0, 0.05) is 26.7 Å². The molecule has 1 N–H and O–H groups in total. The van der Waals surface area contributed by atoms with E-state index in [0.29, 0.717) is 43.6 Å². The van der Waals surface area contributed by atoms with Crippen molar-refractivity contribution >= 4 is 0 Å². The summed E-state index contributed by atoms with van der Waals surface area (Å²) in [5.74, 6) is 4.20. The number of hydrogen-bond acceptors (Lipinski definition) is 7. The van der Waals surface area contributed by atoms with E-state index in [1.165, 1.54) is 0 Å². The van der Waals surface area contributed by atoms with Crippen molar-refractivity contribution in [2.24, 2.45) is 0 Å². The summed E-state index contributed by atoms with van der Waals surface area (Å²) < 4.78 is 24.3. The van der Waals surface area contributed by atoms with Crippen molar-refractivity contribution in [1.29, 1.82) is 0 Å². The second-order valence-corrected chi connectivity index (χ2v) is 7.97. The van der Waals surface area contributed by atoms with Gasteiger partial charge in [-0.25, -0.2) is 4.68 Å². The Hall–Kier alpha value is -3.35. The van der Waals surface area contributed by atoms with Crippen molar-refractivity contribution in [3.05, 3.63) is 65.9 Å². The monoisotopic (exact) mass is 479 g/mol. The molecule has 0 saturated heterocycles. The number of aliphatic hydroxyl groups excluding tert-OH is 1. The molecule has 0 bridgehead atoms. The summed E-state index contributed by atoms with van der Waals surface area (Å²) in [5, 5.41) is 15.3. The summed E-state index contributed by atoms with van der Waals surface area (Å²) in [6, 6.07) is 17.3. The van der Waals surface area contributed by atoms with Gasteiger partial charge in [0.15, 0.2) is 11.5 Å². The molecule has 35 heavy (non-hydrogen) atoms. The van der Waals surface area contributed by atoms with Crippen LogP contribution in [0.1, 0.15) is 11.3 Å². The number of methoxy groups -OCH3 is 2. The van der Waals surface area contributed by atoms with Gasteiger partial charge in [-0.3, -0.25) is 4.90 Å². The predicted octanol–water partition coefficient (Wildman–Crippen LogP) is 3.44. The lowest BCUT2D eigenvalue weighted by molar-refractivity contribution is 0.0206. The van der Waals surface area contributed by atoms with Gasteiger partial charge in [-0.2, -0.15) is 5.10 Å². The largest absolute Gasteiger partial charge is 0.493 e. The van der Waals surface area contributed by atoms with Crippen molar-refractivity contribution in [2.75, 3.05) is 47.1 Å². The van der Waals surface area contributed by atoms with Gasteiger partial charge >= 0.3 is 0 Å². The third kappa shape index (κ3) is 7.31. The molecule has 1 heterocycles. The van der Waals surface area contributed by atoms with Crippen molar-refractivity contribution in [3.63, 3.8) is 0 Å². The van der Waals surface area contributed by atoms with Gasteiger partial charge < -0.3 is 24.1 Å². The molecular weight excluding hydrogens is 446 g/mol. The second kappa shape index (κ2) is 13.5. The Kier molecular flexibility index (Phi) is 10.1. The highest BCUT2D eigenvalue weighted by atomic mass is 16.5. The third-order valence-corrected chi connectivity index (χ3v) is 5.37. The summed E-state index contributed by atoms with van der Waals surface area (Å²) >= 11 is 0. The fraction of sp³-hybridized carbons (Fsp3) is 0.370. The molecule has 2 aromatic carbocycles. The zero-order valence-corrected chi connectivity index (χ0v) is 20.5. The Morgan fingerprint density at radius 2 is 1.80 bits per heavy atom. The molecule has 3 rings (SSSR count). The molecule has 186 valence electrons. The Morgan fingerprint density at radius 3 is 2.49 bits per heavy atom. The Balaban J connectivity index is 1.95. The van der Waals surface area contributed by atoms with Gasteiger partial charge in [-0.1, -0.05) is 36.3 Å². The van der Waals surface area contributed by atoms with Crippen LogP contribution in [0, 0.1) is 19.3 Å². The first-order valence-electron chi connectivity index (χ1n) is 11.4. The Morgan fingerprint density at radius 1 is 1.09 bits per heavy atom. The van der Waals surface area contributed by atoms with Crippen LogP contribution < -0.4 is 9.47 Å². The minimum absolute atomic E-state index is 0.153. The van der Waals surface area contributed by atoms with E-state index in [1.807, 2.05) is 61.5 Å². The van der Waals surface area contributed by atoms with E-state index in [2.05, 4.69) is 10.8 Å². The van der Waals surface area contributed by atoms with E-state index >= 15 is 0 Å². The number of terminal acetylenes is 1. The summed E-state index contributed by atoms with van der Waals surface area (Å²) in [6.45, 7) is 4.23. The normalized spacial score (nSPS) is 11.9. The van der Waals surface area contributed by atoms with Crippen LogP contribution in [0.15, 0.2) is 54.6 Å². The molecule has 0 radical (unpaired) electrons. The average Bonchev–Trinajstić information content (AvgIpc) is 3.18. The van der Waals surface area contributed by atoms with E-state index in [1.54, 1.807) is 18.9 Å². The molecule has 0 aliphatic rings. The van der Waals surface area contributed by atoms with Crippen LogP contribution in [0.3, 0.4) is 0 Å². The smallest absolute Gasteiger partial charge is 0.227 e. The van der Waals surface area contributed by atoms with E-state index in [0.717, 1.165) is 16.9 Å². The van der Waals surface area contributed by atoms with Crippen LogP contribution in [0.4, 0.5) is 0 Å². The van der Waals surface area contributed by atoms with Crippen LogP contribution in [-0.4, -0.2) is 73.0 Å². The van der Waals surface area contributed by atoms with Crippen LogP contribution in [-0.2, 0) is 16.0 Å². The second-order valence-electron chi connectivity index (χ2n) is 7.97. The van der Waals surface area contributed by atoms with Crippen molar-refractivity contribution in [1.82, 2.24) is 14.7 Å². The summed E-state index contributed by atoms with van der Waals surface area (Å²) in [7, 11) is 3.26. The Bertz CT molecular complexity index is 1090. The molecule has 8 nitrogen and oxygen atoms in total. The molecule has 0 aliphatic carbocycles. The first kappa shape index (κ1) is 26.3. The van der Waals surface area contributed by atoms with Gasteiger partial charge in [0.1, 0.15) is 6.61 Å². The van der Waals surface area contributed by atoms with Gasteiger partial charge in [0.2, 0.25) is 5.88 Å². The quantitative estimate of drug-likeness (QED) is 0.280. The molecule has 0 unspecified atom stereocenters. The molecule has 0 spiro atoms. The molecule has 3 aromatic rings. The maximum Gasteiger partial charge on any atom is 0.227 e. The van der Waals surface area contributed by atoms with Crippen LogP contribution >= 0.6 is 0 Å². The van der Waals surface area contributed by atoms with Gasteiger partial charge in [-0.15, -0.1) is 6.42 Å². The number of aliphatic hydroxyl groups is 1. The van der Waals surface area contributed by atoms with Crippen molar-refractivity contribution in [3.8, 4) is 35.4 Å². The topological polar surface area (TPSA) is 78.2 Å². The summed E-state index contributed by atoms with van der Waals surface area (Å²) in [5.41, 5.74) is 2.59. The first-order valence-corrected chi connectivity index (χ1v) is 11.4. The van der Waals surface area contributed by atoms with Gasteiger partial charge in [0.05, 0.1) is 43.4 Å². The fourth-order valence-electron chi connectivity index (χ4n) is 3.66. The number of aryl methyl sites for hydroxylation is 1. The lowest BCUT2D eigenvalue weighted by Crippen LogP contribution is -2.36. The zero-order chi connectivity index (χ0) is 25.0. The molecule has 1 atom stereocenters. The van der Waals surface area contributed by atoms with Crippen LogP contribution in [0.5, 0.6) is 17.4 Å². The van der Waals surface area contributed by atoms with E-state index in [-0.39, 0.29) is 13.2 Å². The number of benzene rings is 2. The summed E-state index contributed by atoms with van der Waals surface area (Å²) in [4.78, 5) is 2.09. The number of hydrogen-bond donors (Lipinski definition) is 1. The van der Waals surface area contributed by atoms with Crippen molar-refractivity contribution < 1.29 is 24.1 Å². The molecule has 8 heteroatoms. The van der Waals surface area contributed by atoms with E-state index in [4.69, 9.17) is 30.5 Å². The number of ether oxygens (including phenoxy) is 4. The standard InChI is InChI=1S/C27H33N3O5/c1-5-16-34-20-23(31)18-29(15-17-32-3)19-24-21(2)28-30(22-11-7-6-8-12-22)27(24)35-26-14-10-9-13-25(26)33-4/h1,6-14,23,31H,15-20H2,2-4H3/t23-/m0/s1.